The Balaban J connectivity index is 3.40. The minimum Gasteiger partial charge on any atom is -0.466 e. The molecule has 0 aromatic rings. The number of nitrogens with one attached hydrogen (secondary N) is 1. The van der Waals surface area contributed by atoms with Crippen molar-refractivity contribution in [1.82, 2.24) is 5.32 Å². The Morgan fingerprint density at radius 3 is 0.929 bits per heavy atom. The average molecular weight is 1180 g/mol. The van der Waals surface area contributed by atoms with Crippen molar-refractivity contribution >= 4 is 11.9 Å². The van der Waals surface area contributed by atoms with Crippen LogP contribution in [0.1, 0.15) is 412 Å². The van der Waals surface area contributed by atoms with Crippen molar-refractivity contribution in [3.05, 3.63) is 48.6 Å². The summed E-state index contributed by atoms with van der Waals surface area (Å²) in [6.45, 7) is 4.92. The minimum absolute atomic E-state index is 0.00365. The minimum atomic E-state index is -0.845. The molecule has 0 saturated carbocycles. The first kappa shape index (κ1) is 81.8. The number of rotatable bonds is 71. The fourth-order valence-electron chi connectivity index (χ4n) is 11.8. The number of hydrogen-bond acceptors (Lipinski definition) is 5. The highest BCUT2D eigenvalue weighted by Crippen LogP contribution is 2.19. The van der Waals surface area contributed by atoms with E-state index in [9.17, 15) is 19.8 Å². The molecule has 0 bridgehead atoms. The molecule has 0 rings (SSSR count). The third-order valence-corrected chi connectivity index (χ3v) is 17.6. The van der Waals surface area contributed by atoms with Gasteiger partial charge in [-0.25, -0.2) is 0 Å². The largest absolute Gasteiger partial charge is 0.466 e. The number of aliphatic hydroxyl groups excluding tert-OH is 2. The molecule has 0 heterocycles. The van der Waals surface area contributed by atoms with Gasteiger partial charge >= 0.3 is 5.97 Å². The van der Waals surface area contributed by atoms with E-state index < -0.39 is 12.1 Å². The third kappa shape index (κ3) is 68.9. The third-order valence-electron chi connectivity index (χ3n) is 17.6. The number of unbranched alkanes of at least 4 members (excludes halogenated alkanes) is 54. The van der Waals surface area contributed by atoms with E-state index in [-0.39, 0.29) is 18.5 Å². The normalized spacial score (nSPS) is 12.8. The van der Waals surface area contributed by atoms with Crippen molar-refractivity contribution in [3.8, 4) is 0 Å². The zero-order valence-corrected chi connectivity index (χ0v) is 56.6. The predicted octanol–water partition coefficient (Wildman–Crippen LogP) is 24.8. The summed E-state index contributed by atoms with van der Waals surface area (Å²) in [7, 11) is 0. The summed E-state index contributed by atoms with van der Waals surface area (Å²) in [5.41, 5.74) is 0. The Labute approximate surface area is 525 Å². The van der Waals surface area contributed by atoms with E-state index in [1.165, 1.54) is 334 Å². The van der Waals surface area contributed by atoms with Gasteiger partial charge in [0.15, 0.2) is 0 Å². The van der Waals surface area contributed by atoms with Crippen LogP contribution < -0.4 is 5.32 Å². The number of ether oxygens (including phenoxy) is 1. The topological polar surface area (TPSA) is 95.9 Å². The maximum absolute atomic E-state index is 12.5. The molecule has 0 saturated heterocycles. The van der Waals surface area contributed by atoms with Crippen LogP contribution in [0.15, 0.2) is 48.6 Å². The number of carbonyl (C=O) groups excluding carboxylic acids is 2. The SMILES string of the molecule is CCCCCC/C=C\C/C=C\CCCCCCCC(=O)OCCCCCCCCCCCCCC/C=C\CCCCCCCCCCCCCCCCC(=O)NC(CO)C(O)/C=C/CCCCCCCCCCCCCCCCCCCCC. The Morgan fingerprint density at radius 2 is 0.595 bits per heavy atom. The van der Waals surface area contributed by atoms with E-state index in [4.69, 9.17) is 4.74 Å². The summed E-state index contributed by atoms with van der Waals surface area (Å²) < 4.78 is 5.49. The van der Waals surface area contributed by atoms with Gasteiger partial charge < -0.3 is 20.3 Å². The van der Waals surface area contributed by atoms with Gasteiger partial charge in [0, 0.05) is 12.8 Å². The summed E-state index contributed by atoms with van der Waals surface area (Å²) in [5, 5.41) is 23.3. The lowest BCUT2D eigenvalue weighted by molar-refractivity contribution is -0.143. The van der Waals surface area contributed by atoms with Crippen LogP contribution >= 0.6 is 0 Å². The summed E-state index contributed by atoms with van der Waals surface area (Å²) in [6.07, 6.45) is 96.4. The quantitative estimate of drug-likeness (QED) is 0.0320. The number of carbonyl (C=O) groups is 2. The number of hydrogen-bond donors (Lipinski definition) is 3. The smallest absolute Gasteiger partial charge is 0.305 e. The fraction of sp³-hybridized carbons (Fsp3) is 0.872. The van der Waals surface area contributed by atoms with Crippen molar-refractivity contribution < 1.29 is 24.5 Å². The average Bonchev–Trinajstić information content (AvgIpc) is 3.51. The zero-order chi connectivity index (χ0) is 60.6. The summed E-state index contributed by atoms with van der Waals surface area (Å²) in [4.78, 5) is 24.6. The van der Waals surface area contributed by atoms with Crippen molar-refractivity contribution in [2.75, 3.05) is 13.2 Å². The van der Waals surface area contributed by atoms with Gasteiger partial charge in [0.25, 0.3) is 0 Å². The van der Waals surface area contributed by atoms with Crippen molar-refractivity contribution in [1.29, 1.82) is 0 Å². The molecule has 6 heteroatoms. The monoisotopic (exact) mass is 1180 g/mol. The van der Waals surface area contributed by atoms with E-state index in [1.807, 2.05) is 6.08 Å². The van der Waals surface area contributed by atoms with E-state index in [0.29, 0.717) is 19.4 Å². The van der Waals surface area contributed by atoms with Gasteiger partial charge in [-0.2, -0.15) is 0 Å². The molecule has 0 radical (unpaired) electrons. The molecular weight excluding hydrogens is 1030 g/mol. The van der Waals surface area contributed by atoms with Crippen LogP contribution in [0, 0.1) is 0 Å². The Kier molecular flexibility index (Phi) is 71.4. The van der Waals surface area contributed by atoms with Gasteiger partial charge in [-0.15, -0.1) is 0 Å². The van der Waals surface area contributed by atoms with Gasteiger partial charge in [0.2, 0.25) is 5.91 Å². The molecular formula is C78H147NO5. The summed E-state index contributed by atoms with van der Waals surface area (Å²) >= 11 is 0. The van der Waals surface area contributed by atoms with Crippen LogP contribution in [0.5, 0.6) is 0 Å². The highest BCUT2D eigenvalue weighted by atomic mass is 16.5. The lowest BCUT2D eigenvalue weighted by Crippen LogP contribution is -2.45. The van der Waals surface area contributed by atoms with Crippen LogP contribution in [-0.2, 0) is 14.3 Å². The Bertz CT molecular complexity index is 1400. The van der Waals surface area contributed by atoms with E-state index >= 15 is 0 Å². The van der Waals surface area contributed by atoms with Gasteiger partial charge in [-0.1, -0.05) is 358 Å². The lowest BCUT2D eigenvalue weighted by atomic mass is 10.0. The van der Waals surface area contributed by atoms with E-state index in [2.05, 4.69) is 55.6 Å². The molecule has 0 aliphatic rings. The maximum Gasteiger partial charge on any atom is 0.305 e. The zero-order valence-electron chi connectivity index (χ0n) is 56.6. The molecule has 3 N–H and O–H groups in total. The molecule has 1 amide bonds. The second-order valence-corrected chi connectivity index (χ2v) is 26.0. The molecule has 0 spiro atoms. The molecule has 494 valence electrons. The lowest BCUT2D eigenvalue weighted by Gasteiger charge is -2.20. The molecule has 0 aromatic heterocycles. The molecule has 0 aliphatic heterocycles. The predicted molar refractivity (Wildman–Crippen MR) is 370 cm³/mol. The number of amides is 1. The Hall–Kier alpha value is -2.18. The van der Waals surface area contributed by atoms with Gasteiger partial charge in [0.05, 0.1) is 25.4 Å². The highest BCUT2D eigenvalue weighted by molar-refractivity contribution is 5.76. The molecule has 84 heavy (non-hydrogen) atoms. The second-order valence-electron chi connectivity index (χ2n) is 26.0. The van der Waals surface area contributed by atoms with Gasteiger partial charge in [-0.05, 0) is 89.9 Å². The first-order valence-corrected chi connectivity index (χ1v) is 37.9. The molecule has 0 aromatic carbocycles. The van der Waals surface area contributed by atoms with Crippen molar-refractivity contribution in [3.63, 3.8) is 0 Å². The van der Waals surface area contributed by atoms with Crippen LogP contribution in [0.2, 0.25) is 0 Å². The summed E-state index contributed by atoms with van der Waals surface area (Å²) in [6, 6.07) is -0.628. The Morgan fingerprint density at radius 1 is 0.333 bits per heavy atom. The standard InChI is InChI=1S/C78H147NO5/c1-3-5-7-9-11-13-15-17-19-21-22-33-36-39-42-46-50-54-58-62-66-70-76(81)75(74-80)79-77(82)71-67-63-59-55-51-47-43-40-37-34-31-29-27-25-23-24-26-28-30-32-35-38-41-45-49-53-57-61-65-69-73-84-78(83)72-68-64-60-56-52-48-44-20-18-16-14-12-10-8-6-4-2/h14,16,20,24,26,44,66,70,75-76,80-81H,3-13,15,17-19,21-23,25,27-43,45-65,67-69,71-74H2,1-2H3,(H,79,82)/b16-14-,26-24-,44-20-,70-66+. The summed E-state index contributed by atoms with van der Waals surface area (Å²) in [5.74, 6) is -0.0592. The molecule has 6 nitrogen and oxygen atoms in total. The molecule has 2 unspecified atom stereocenters. The van der Waals surface area contributed by atoms with Crippen molar-refractivity contribution in [2.24, 2.45) is 0 Å². The van der Waals surface area contributed by atoms with Gasteiger partial charge in [0.1, 0.15) is 0 Å². The van der Waals surface area contributed by atoms with Crippen molar-refractivity contribution in [2.45, 2.75) is 424 Å². The van der Waals surface area contributed by atoms with Crippen LogP contribution in [-0.4, -0.2) is 47.4 Å². The first-order valence-electron chi connectivity index (χ1n) is 37.9. The van der Waals surface area contributed by atoms with E-state index in [0.717, 1.165) is 51.4 Å². The first-order chi connectivity index (χ1) is 41.5. The fourth-order valence-corrected chi connectivity index (χ4v) is 11.8. The van der Waals surface area contributed by atoms with Crippen LogP contribution in [0.3, 0.4) is 0 Å². The van der Waals surface area contributed by atoms with Crippen LogP contribution in [0.25, 0.3) is 0 Å². The molecule has 0 fully saturated rings. The number of aliphatic hydroxyl groups is 2. The van der Waals surface area contributed by atoms with E-state index in [1.54, 1.807) is 6.08 Å². The molecule has 0 aliphatic carbocycles. The second kappa shape index (κ2) is 73.3. The number of esters is 1. The van der Waals surface area contributed by atoms with Crippen LogP contribution in [0.4, 0.5) is 0 Å². The maximum atomic E-state index is 12.5. The van der Waals surface area contributed by atoms with Gasteiger partial charge in [-0.3, -0.25) is 9.59 Å². The number of allylic oxidation sites excluding steroid dienone is 7. The molecule has 2 atom stereocenters. The highest BCUT2D eigenvalue weighted by Gasteiger charge is 2.18.